The molecule has 1 saturated carbocycles. The summed E-state index contributed by atoms with van der Waals surface area (Å²) < 4.78 is 18.6. The molecule has 0 spiro atoms. The van der Waals surface area contributed by atoms with Gasteiger partial charge >= 0.3 is 0 Å². The number of H-pyrrole nitrogens is 1. The fraction of sp³-hybridized carbons (Fsp3) is 0.316. The molecule has 1 amide bonds. The van der Waals surface area contributed by atoms with Crippen LogP contribution >= 0.6 is 0 Å². The number of nitrogens with two attached hydrogens (primary N) is 1. The number of nitrogens with one attached hydrogen (secondary N) is 2. The molecule has 0 saturated heterocycles. The van der Waals surface area contributed by atoms with E-state index in [1.54, 1.807) is 13.0 Å². The number of ether oxygens (including phenoxy) is 1. The summed E-state index contributed by atoms with van der Waals surface area (Å²) in [5, 5.41) is 9.82. The van der Waals surface area contributed by atoms with Crippen molar-refractivity contribution >= 4 is 23.6 Å². The van der Waals surface area contributed by atoms with Gasteiger partial charge in [0.25, 0.3) is 0 Å². The number of benzene rings is 1. The molecule has 27 heavy (non-hydrogen) atoms. The monoisotopic (exact) mass is 371 g/mol. The second-order valence-electron chi connectivity index (χ2n) is 6.47. The predicted molar refractivity (Wildman–Crippen MR) is 102 cm³/mol. The summed E-state index contributed by atoms with van der Waals surface area (Å²) in [6.45, 7) is 1.71. The highest BCUT2D eigenvalue weighted by Crippen LogP contribution is 2.39. The van der Waals surface area contributed by atoms with E-state index in [-0.39, 0.29) is 5.91 Å². The van der Waals surface area contributed by atoms with Gasteiger partial charge in [0.05, 0.1) is 18.7 Å². The summed E-state index contributed by atoms with van der Waals surface area (Å²) in [5.74, 6) is 0.0817. The van der Waals surface area contributed by atoms with Gasteiger partial charge in [-0.3, -0.25) is 14.9 Å². The van der Waals surface area contributed by atoms with Crippen LogP contribution in [0.25, 0.3) is 0 Å². The SMILES string of the molecule is COc1cc(F)cc(N=C/C(=C\N)C(C)C(=O)Nc2cc(C3CC3)[nH]n2)c1. The zero-order valence-electron chi connectivity index (χ0n) is 15.2. The van der Waals surface area contributed by atoms with Crippen LogP contribution in [-0.2, 0) is 4.79 Å². The maximum atomic E-state index is 13.5. The fourth-order valence-corrected chi connectivity index (χ4v) is 2.58. The summed E-state index contributed by atoms with van der Waals surface area (Å²) in [7, 11) is 1.45. The highest BCUT2D eigenvalue weighted by Gasteiger charge is 2.26. The normalized spacial score (nSPS) is 15.7. The van der Waals surface area contributed by atoms with Gasteiger partial charge in [0.1, 0.15) is 11.6 Å². The van der Waals surface area contributed by atoms with Crippen LogP contribution in [-0.4, -0.2) is 29.4 Å². The molecule has 1 heterocycles. The van der Waals surface area contributed by atoms with Gasteiger partial charge in [-0.2, -0.15) is 5.10 Å². The number of aromatic nitrogens is 2. The highest BCUT2D eigenvalue weighted by molar-refractivity contribution is 5.98. The molecule has 1 aromatic heterocycles. The van der Waals surface area contributed by atoms with E-state index in [1.807, 2.05) is 6.07 Å². The lowest BCUT2D eigenvalue weighted by Gasteiger charge is -2.11. The van der Waals surface area contributed by atoms with Crippen molar-refractivity contribution in [3.63, 3.8) is 0 Å². The summed E-state index contributed by atoms with van der Waals surface area (Å²) in [5.41, 5.74) is 7.54. The van der Waals surface area contributed by atoms with Gasteiger partial charge in [0, 0.05) is 36.0 Å². The van der Waals surface area contributed by atoms with Gasteiger partial charge in [-0.05, 0) is 37.6 Å². The Hall–Kier alpha value is -3.16. The third kappa shape index (κ3) is 4.72. The third-order valence-corrected chi connectivity index (χ3v) is 4.41. The fourth-order valence-electron chi connectivity index (χ4n) is 2.58. The number of carbonyl (C=O) groups excluding carboxylic acids is 1. The quantitative estimate of drug-likeness (QED) is 0.650. The predicted octanol–water partition coefficient (Wildman–Crippen LogP) is 3.25. The Kier molecular flexibility index (Phi) is 5.54. The number of anilines is 1. The van der Waals surface area contributed by atoms with Crippen molar-refractivity contribution in [3.05, 3.63) is 47.5 Å². The van der Waals surface area contributed by atoms with Crippen LogP contribution < -0.4 is 15.8 Å². The summed E-state index contributed by atoms with van der Waals surface area (Å²) in [6, 6.07) is 5.96. The molecule has 0 radical (unpaired) electrons. The van der Waals surface area contributed by atoms with Gasteiger partial charge in [0.15, 0.2) is 5.82 Å². The average molecular weight is 371 g/mol. The molecule has 0 bridgehead atoms. The lowest BCUT2D eigenvalue weighted by atomic mass is 10.0. The first kappa shape index (κ1) is 18.6. The second kappa shape index (κ2) is 8.03. The van der Waals surface area contributed by atoms with Crippen molar-refractivity contribution < 1.29 is 13.9 Å². The van der Waals surface area contributed by atoms with Gasteiger partial charge in [-0.1, -0.05) is 0 Å². The van der Waals surface area contributed by atoms with Crippen molar-refractivity contribution in [2.75, 3.05) is 12.4 Å². The number of amides is 1. The van der Waals surface area contributed by atoms with Gasteiger partial charge in [-0.25, -0.2) is 4.39 Å². The van der Waals surface area contributed by atoms with Crippen LogP contribution in [0.5, 0.6) is 5.75 Å². The molecule has 1 aliphatic rings. The van der Waals surface area contributed by atoms with Crippen molar-refractivity contribution in [1.29, 1.82) is 0 Å². The number of rotatable bonds is 7. The first-order valence-corrected chi connectivity index (χ1v) is 8.66. The number of hydrogen-bond donors (Lipinski definition) is 3. The van der Waals surface area contributed by atoms with Crippen LogP contribution in [0.2, 0.25) is 0 Å². The molecule has 1 fully saturated rings. The molecule has 142 valence electrons. The van der Waals surface area contributed by atoms with Crippen molar-refractivity contribution in [3.8, 4) is 5.75 Å². The van der Waals surface area contributed by atoms with Crippen LogP contribution in [0.4, 0.5) is 15.9 Å². The Bertz CT molecular complexity index is 886. The average Bonchev–Trinajstić information content (AvgIpc) is 3.41. The number of hydrogen-bond acceptors (Lipinski definition) is 5. The Morgan fingerprint density at radius 2 is 2.22 bits per heavy atom. The van der Waals surface area contributed by atoms with E-state index in [0.29, 0.717) is 28.7 Å². The van der Waals surface area contributed by atoms with Crippen molar-refractivity contribution in [1.82, 2.24) is 10.2 Å². The maximum absolute atomic E-state index is 13.5. The summed E-state index contributed by atoms with van der Waals surface area (Å²) in [6.07, 6.45) is 5.05. The van der Waals surface area contributed by atoms with Crippen molar-refractivity contribution in [2.45, 2.75) is 25.7 Å². The topological polar surface area (TPSA) is 105 Å². The van der Waals surface area contributed by atoms with Crippen LogP contribution in [0.3, 0.4) is 0 Å². The zero-order chi connectivity index (χ0) is 19.4. The summed E-state index contributed by atoms with van der Waals surface area (Å²) >= 11 is 0. The standard InChI is InChI=1S/C19H22FN5O2/c1-11(19(26)23-18-8-17(24-25-18)12-3-4-12)13(9-21)10-22-15-5-14(20)6-16(7-15)27-2/h5-12H,3-4,21H2,1-2H3,(H2,23,24,25,26)/b13-9+,22-10?. The van der Waals surface area contributed by atoms with Crippen LogP contribution in [0.15, 0.2) is 41.0 Å². The maximum Gasteiger partial charge on any atom is 0.232 e. The number of methoxy groups -OCH3 is 1. The molecule has 1 unspecified atom stereocenters. The number of aromatic amines is 1. The molecular weight excluding hydrogens is 349 g/mol. The van der Waals surface area contributed by atoms with E-state index in [1.165, 1.54) is 31.7 Å². The number of aliphatic imine (C=N–C) groups is 1. The molecule has 1 aromatic carbocycles. The van der Waals surface area contributed by atoms with E-state index in [4.69, 9.17) is 10.5 Å². The molecule has 7 nitrogen and oxygen atoms in total. The van der Waals surface area contributed by atoms with E-state index < -0.39 is 11.7 Å². The lowest BCUT2D eigenvalue weighted by Crippen LogP contribution is -2.23. The minimum atomic E-state index is -0.560. The van der Waals surface area contributed by atoms with Gasteiger partial charge < -0.3 is 15.8 Å². The smallest absolute Gasteiger partial charge is 0.232 e. The largest absolute Gasteiger partial charge is 0.497 e. The highest BCUT2D eigenvalue weighted by atomic mass is 19.1. The van der Waals surface area contributed by atoms with Gasteiger partial charge in [-0.15, -0.1) is 0 Å². The van der Waals surface area contributed by atoms with Crippen molar-refractivity contribution in [2.24, 2.45) is 16.6 Å². The number of carbonyl (C=O) groups is 1. The van der Waals surface area contributed by atoms with E-state index >= 15 is 0 Å². The van der Waals surface area contributed by atoms with Crippen LogP contribution in [0.1, 0.15) is 31.4 Å². The minimum Gasteiger partial charge on any atom is -0.497 e. The Morgan fingerprint density at radius 1 is 1.44 bits per heavy atom. The first-order valence-electron chi connectivity index (χ1n) is 8.66. The molecular formula is C19H22FN5O2. The van der Waals surface area contributed by atoms with E-state index in [2.05, 4.69) is 20.5 Å². The van der Waals surface area contributed by atoms with Crippen LogP contribution in [0, 0.1) is 11.7 Å². The third-order valence-electron chi connectivity index (χ3n) is 4.41. The molecule has 3 rings (SSSR count). The first-order chi connectivity index (χ1) is 13.0. The van der Waals surface area contributed by atoms with Gasteiger partial charge in [0.2, 0.25) is 5.91 Å². The number of nitrogens with zero attached hydrogens (tertiary/aromatic N) is 2. The molecule has 0 aliphatic heterocycles. The Balaban J connectivity index is 1.66. The lowest BCUT2D eigenvalue weighted by molar-refractivity contribution is -0.118. The molecule has 1 atom stereocenters. The number of halogens is 1. The molecule has 1 aliphatic carbocycles. The Morgan fingerprint density at radius 3 is 2.89 bits per heavy atom. The van der Waals surface area contributed by atoms with E-state index in [0.717, 1.165) is 18.5 Å². The summed E-state index contributed by atoms with van der Waals surface area (Å²) in [4.78, 5) is 16.7. The zero-order valence-corrected chi connectivity index (χ0v) is 15.2. The molecule has 2 aromatic rings. The molecule has 4 N–H and O–H groups in total. The minimum absolute atomic E-state index is 0.260. The molecule has 8 heteroatoms. The Labute approximate surface area is 156 Å². The second-order valence-corrected chi connectivity index (χ2v) is 6.47. The van der Waals surface area contributed by atoms with E-state index in [9.17, 15) is 9.18 Å².